The zero-order chi connectivity index (χ0) is 11.1. The van der Waals surface area contributed by atoms with Crippen LogP contribution in [0.4, 0.5) is 0 Å². The molecule has 14 heavy (non-hydrogen) atoms. The van der Waals surface area contributed by atoms with Crippen LogP contribution in [0, 0.1) is 5.92 Å². The first kappa shape index (κ1) is 13.3. The zero-order valence-corrected chi connectivity index (χ0v) is 9.70. The summed E-state index contributed by atoms with van der Waals surface area (Å²) in [5.41, 5.74) is 0.884. The van der Waals surface area contributed by atoms with Crippen LogP contribution in [0.1, 0.15) is 27.2 Å². The van der Waals surface area contributed by atoms with Gasteiger partial charge in [-0.25, -0.2) is 4.99 Å². The Hall–Kier alpha value is -0.740. The maximum Gasteiger partial charge on any atom is 0.246 e. The molecule has 4 nitrogen and oxygen atoms in total. The highest BCUT2D eigenvalue weighted by atomic mass is 16.7. The summed E-state index contributed by atoms with van der Waals surface area (Å²) in [6.45, 7) is 6.49. The predicted octanol–water partition coefficient (Wildman–Crippen LogP) is 1.51. The van der Waals surface area contributed by atoms with Crippen LogP contribution in [-0.2, 0) is 9.63 Å². The van der Waals surface area contributed by atoms with E-state index in [0.29, 0.717) is 18.9 Å². The highest BCUT2D eigenvalue weighted by Gasteiger charge is 2.05. The minimum Gasteiger partial charge on any atom is -0.303 e. The summed E-state index contributed by atoms with van der Waals surface area (Å²) < 4.78 is 0. The predicted molar refractivity (Wildman–Crippen MR) is 57.2 cm³/mol. The fraction of sp³-hybridized carbons (Fsp3) is 0.800. The number of nitrogens with zero attached hydrogens (tertiary/aromatic N) is 2. The van der Waals surface area contributed by atoms with E-state index < -0.39 is 0 Å². The van der Waals surface area contributed by atoms with Crippen LogP contribution in [0.5, 0.6) is 0 Å². The molecule has 0 radical (unpaired) electrons. The number of hydrogen-bond acceptors (Lipinski definition) is 3. The van der Waals surface area contributed by atoms with Crippen molar-refractivity contribution in [2.45, 2.75) is 27.2 Å². The first-order valence-electron chi connectivity index (χ1n) is 4.80. The Labute approximate surface area is 85.9 Å². The Kier molecular flexibility index (Phi) is 6.32. The molecule has 0 saturated carbocycles. The first-order valence-corrected chi connectivity index (χ1v) is 4.80. The first-order chi connectivity index (χ1) is 6.47. The monoisotopic (exact) mass is 200 g/mol. The van der Waals surface area contributed by atoms with Gasteiger partial charge in [0.05, 0.1) is 7.11 Å². The molecule has 0 fully saturated rings. The molecule has 1 amide bonds. The molecule has 0 aliphatic heterocycles. The molecule has 0 unspecified atom stereocenters. The van der Waals surface area contributed by atoms with Crippen LogP contribution >= 0.6 is 0 Å². The van der Waals surface area contributed by atoms with Gasteiger partial charge >= 0.3 is 0 Å². The van der Waals surface area contributed by atoms with Crippen molar-refractivity contribution in [1.29, 1.82) is 0 Å². The van der Waals surface area contributed by atoms with Gasteiger partial charge in [0.2, 0.25) is 5.91 Å². The SMILES string of the molecule is CON(C)CCC(=O)N=C(C)C(C)C. The summed E-state index contributed by atoms with van der Waals surface area (Å²) in [6, 6.07) is 0. The summed E-state index contributed by atoms with van der Waals surface area (Å²) in [4.78, 5) is 20.2. The van der Waals surface area contributed by atoms with Gasteiger partial charge in [0, 0.05) is 25.7 Å². The smallest absolute Gasteiger partial charge is 0.246 e. The number of hydroxylamine groups is 2. The number of carbonyl (C=O) groups is 1. The van der Waals surface area contributed by atoms with Gasteiger partial charge in [-0.2, -0.15) is 5.06 Å². The average molecular weight is 200 g/mol. The van der Waals surface area contributed by atoms with Gasteiger partial charge in [0.1, 0.15) is 0 Å². The molecular weight excluding hydrogens is 180 g/mol. The van der Waals surface area contributed by atoms with Crippen molar-refractivity contribution in [3.63, 3.8) is 0 Å². The van der Waals surface area contributed by atoms with Crippen molar-refractivity contribution in [2.75, 3.05) is 20.7 Å². The minimum absolute atomic E-state index is 0.0832. The molecule has 0 aromatic rings. The summed E-state index contributed by atoms with van der Waals surface area (Å²) in [7, 11) is 3.36. The van der Waals surface area contributed by atoms with E-state index in [1.165, 1.54) is 0 Å². The molecule has 0 bridgehead atoms. The molecule has 0 atom stereocenters. The highest BCUT2D eigenvalue weighted by molar-refractivity contribution is 5.95. The van der Waals surface area contributed by atoms with Gasteiger partial charge in [-0.1, -0.05) is 13.8 Å². The maximum atomic E-state index is 11.3. The molecule has 0 spiro atoms. The lowest BCUT2D eigenvalue weighted by Crippen LogP contribution is -2.20. The summed E-state index contributed by atoms with van der Waals surface area (Å²) in [5.74, 6) is 0.249. The van der Waals surface area contributed by atoms with Crippen molar-refractivity contribution in [3.8, 4) is 0 Å². The molecular formula is C10H20N2O2. The second-order valence-electron chi connectivity index (χ2n) is 3.59. The van der Waals surface area contributed by atoms with E-state index in [4.69, 9.17) is 4.84 Å². The van der Waals surface area contributed by atoms with Gasteiger partial charge in [0.25, 0.3) is 0 Å². The molecule has 82 valence electrons. The number of aliphatic imine (C=N–C) groups is 1. The van der Waals surface area contributed by atoms with Gasteiger partial charge < -0.3 is 4.84 Å². The van der Waals surface area contributed by atoms with Crippen LogP contribution in [0.25, 0.3) is 0 Å². The van der Waals surface area contributed by atoms with Gasteiger partial charge in [-0.15, -0.1) is 0 Å². The fourth-order valence-corrected chi connectivity index (χ4v) is 0.726. The standard InChI is InChI=1S/C10H20N2O2/c1-8(2)9(3)11-10(13)6-7-12(4)14-5/h8H,6-7H2,1-5H3. The Balaban J connectivity index is 3.92. The number of hydrogen-bond donors (Lipinski definition) is 0. The van der Waals surface area contributed by atoms with E-state index in [0.717, 1.165) is 5.71 Å². The summed E-state index contributed by atoms with van der Waals surface area (Å²) >= 11 is 0. The lowest BCUT2D eigenvalue weighted by atomic mass is 10.1. The van der Waals surface area contributed by atoms with Crippen LogP contribution in [0.15, 0.2) is 4.99 Å². The normalized spacial score (nSPS) is 12.6. The Morgan fingerprint density at radius 2 is 2.07 bits per heavy atom. The van der Waals surface area contributed by atoms with Crippen molar-refractivity contribution in [1.82, 2.24) is 5.06 Å². The molecule has 0 aliphatic carbocycles. The average Bonchev–Trinajstić information content (AvgIpc) is 2.13. The number of amides is 1. The van der Waals surface area contributed by atoms with Crippen molar-refractivity contribution in [2.24, 2.45) is 10.9 Å². The topological polar surface area (TPSA) is 41.9 Å². The largest absolute Gasteiger partial charge is 0.303 e. The van der Waals surface area contributed by atoms with Gasteiger partial charge in [-0.3, -0.25) is 4.79 Å². The molecule has 0 saturated heterocycles. The molecule has 0 rings (SSSR count). The lowest BCUT2D eigenvalue weighted by molar-refractivity contribution is -0.127. The minimum atomic E-state index is -0.0832. The number of rotatable bonds is 5. The second-order valence-corrected chi connectivity index (χ2v) is 3.59. The van der Waals surface area contributed by atoms with E-state index in [-0.39, 0.29) is 5.91 Å². The fourth-order valence-electron chi connectivity index (χ4n) is 0.726. The van der Waals surface area contributed by atoms with E-state index in [2.05, 4.69) is 4.99 Å². The third kappa shape index (κ3) is 5.83. The third-order valence-corrected chi connectivity index (χ3v) is 2.09. The highest BCUT2D eigenvalue weighted by Crippen LogP contribution is 1.98. The van der Waals surface area contributed by atoms with E-state index in [9.17, 15) is 4.79 Å². The molecule has 0 aromatic carbocycles. The van der Waals surface area contributed by atoms with E-state index in [1.807, 2.05) is 20.8 Å². The Morgan fingerprint density at radius 1 is 1.50 bits per heavy atom. The maximum absolute atomic E-state index is 11.3. The summed E-state index contributed by atoms with van der Waals surface area (Å²) in [6.07, 6.45) is 0.397. The lowest BCUT2D eigenvalue weighted by Gasteiger charge is -2.11. The van der Waals surface area contributed by atoms with Crippen LogP contribution in [0.3, 0.4) is 0 Å². The Morgan fingerprint density at radius 3 is 2.50 bits per heavy atom. The number of carbonyl (C=O) groups excluding carboxylic acids is 1. The van der Waals surface area contributed by atoms with Crippen molar-refractivity contribution >= 4 is 11.6 Å². The summed E-state index contributed by atoms with van der Waals surface area (Å²) in [5, 5.41) is 1.61. The molecule has 0 aliphatic rings. The molecule has 4 heteroatoms. The zero-order valence-electron chi connectivity index (χ0n) is 9.70. The van der Waals surface area contributed by atoms with Crippen molar-refractivity contribution < 1.29 is 9.63 Å². The van der Waals surface area contributed by atoms with Crippen LogP contribution < -0.4 is 0 Å². The second kappa shape index (κ2) is 6.68. The van der Waals surface area contributed by atoms with Gasteiger partial charge in [0.15, 0.2) is 0 Å². The van der Waals surface area contributed by atoms with Crippen molar-refractivity contribution in [3.05, 3.63) is 0 Å². The van der Waals surface area contributed by atoms with Crippen LogP contribution in [0.2, 0.25) is 0 Å². The van der Waals surface area contributed by atoms with Gasteiger partial charge in [-0.05, 0) is 12.8 Å². The third-order valence-electron chi connectivity index (χ3n) is 2.09. The van der Waals surface area contributed by atoms with E-state index in [1.54, 1.807) is 19.2 Å². The molecule has 0 heterocycles. The molecule has 0 aromatic heterocycles. The Bertz CT molecular complexity index is 212. The van der Waals surface area contributed by atoms with Crippen LogP contribution in [-0.4, -0.2) is 37.4 Å². The molecule has 0 N–H and O–H groups in total. The van der Waals surface area contributed by atoms with E-state index >= 15 is 0 Å². The quantitative estimate of drug-likeness (QED) is 0.499.